The van der Waals surface area contributed by atoms with E-state index in [1.54, 1.807) is 23.3 Å². The van der Waals surface area contributed by atoms with Crippen LogP contribution in [0.4, 0.5) is 0 Å². The average molecular weight is 204 g/mol. The molecule has 0 aliphatic heterocycles. The van der Waals surface area contributed by atoms with Crippen LogP contribution in [0, 0.1) is 0 Å². The predicted octanol–water partition coefficient (Wildman–Crippen LogP) is 0.167. The average Bonchev–Trinajstić information content (AvgIpc) is 2.75. The minimum Gasteiger partial charge on any atom is -0.311 e. The second-order valence-corrected chi connectivity index (χ2v) is 3.01. The molecule has 0 atom stereocenters. The van der Waals surface area contributed by atoms with E-state index in [0.717, 1.165) is 24.5 Å². The fraction of sp³-hybridized carbons (Fsp3) is 0.333. The number of nitrogens with one attached hydrogen (secondary N) is 1. The van der Waals surface area contributed by atoms with Crippen molar-refractivity contribution in [1.82, 2.24) is 30.3 Å². The molecule has 2 aromatic rings. The van der Waals surface area contributed by atoms with E-state index in [9.17, 15) is 0 Å². The first-order valence-corrected chi connectivity index (χ1v) is 4.77. The molecule has 6 nitrogen and oxygen atoms in total. The van der Waals surface area contributed by atoms with Gasteiger partial charge in [0, 0.05) is 6.54 Å². The lowest BCUT2D eigenvalue weighted by atomic mass is 10.4. The second-order valence-electron chi connectivity index (χ2n) is 3.01. The SMILES string of the molecule is CCNCc1cnnn1-c1cncnc1. The number of aromatic nitrogens is 5. The van der Waals surface area contributed by atoms with E-state index in [-0.39, 0.29) is 0 Å². The molecule has 0 fully saturated rings. The third-order valence-electron chi connectivity index (χ3n) is 1.97. The van der Waals surface area contributed by atoms with Crippen molar-refractivity contribution in [3.05, 3.63) is 30.6 Å². The Morgan fingerprint density at radius 3 is 2.80 bits per heavy atom. The molecule has 0 aliphatic rings. The van der Waals surface area contributed by atoms with Crippen LogP contribution < -0.4 is 5.32 Å². The molecular formula is C9H12N6. The van der Waals surface area contributed by atoms with E-state index in [1.165, 1.54) is 6.33 Å². The van der Waals surface area contributed by atoms with Gasteiger partial charge in [-0.25, -0.2) is 14.6 Å². The van der Waals surface area contributed by atoms with Crippen molar-refractivity contribution in [1.29, 1.82) is 0 Å². The molecule has 0 amide bonds. The van der Waals surface area contributed by atoms with Crippen molar-refractivity contribution in [2.24, 2.45) is 0 Å². The molecule has 2 aromatic heterocycles. The molecule has 1 N–H and O–H groups in total. The Morgan fingerprint density at radius 1 is 1.27 bits per heavy atom. The van der Waals surface area contributed by atoms with Gasteiger partial charge >= 0.3 is 0 Å². The zero-order chi connectivity index (χ0) is 10.5. The van der Waals surface area contributed by atoms with Crippen LogP contribution in [0.15, 0.2) is 24.9 Å². The summed E-state index contributed by atoms with van der Waals surface area (Å²) in [6, 6.07) is 0. The smallest absolute Gasteiger partial charge is 0.115 e. The normalized spacial score (nSPS) is 10.5. The molecule has 0 radical (unpaired) electrons. The van der Waals surface area contributed by atoms with Crippen molar-refractivity contribution < 1.29 is 0 Å². The summed E-state index contributed by atoms with van der Waals surface area (Å²) in [7, 11) is 0. The van der Waals surface area contributed by atoms with Crippen molar-refractivity contribution in [3.8, 4) is 5.69 Å². The summed E-state index contributed by atoms with van der Waals surface area (Å²) in [6.45, 7) is 3.70. The maximum Gasteiger partial charge on any atom is 0.115 e. The molecule has 0 saturated heterocycles. The van der Waals surface area contributed by atoms with Crippen LogP contribution in [0.2, 0.25) is 0 Å². The zero-order valence-corrected chi connectivity index (χ0v) is 8.46. The molecule has 0 aromatic carbocycles. The Kier molecular flexibility index (Phi) is 2.99. The Hall–Kier alpha value is -1.82. The van der Waals surface area contributed by atoms with Crippen LogP contribution in [0.5, 0.6) is 0 Å². The molecule has 0 saturated carbocycles. The summed E-state index contributed by atoms with van der Waals surface area (Å²) in [6.07, 6.45) is 6.63. The Morgan fingerprint density at radius 2 is 2.07 bits per heavy atom. The first kappa shape index (κ1) is 9.72. The lowest BCUT2D eigenvalue weighted by molar-refractivity contribution is 0.670. The van der Waals surface area contributed by atoms with Gasteiger partial charge in [0.25, 0.3) is 0 Å². The molecule has 6 heteroatoms. The molecule has 78 valence electrons. The van der Waals surface area contributed by atoms with Gasteiger partial charge in [-0.05, 0) is 6.54 Å². The number of hydrogen-bond donors (Lipinski definition) is 1. The summed E-state index contributed by atoms with van der Waals surface area (Å²) in [5, 5.41) is 11.1. The topological polar surface area (TPSA) is 68.5 Å². The Bertz CT molecular complexity index is 410. The summed E-state index contributed by atoms with van der Waals surface area (Å²) < 4.78 is 1.72. The molecule has 0 bridgehead atoms. The van der Waals surface area contributed by atoms with E-state index in [0.29, 0.717) is 0 Å². The van der Waals surface area contributed by atoms with E-state index in [4.69, 9.17) is 0 Å². The van der Waals surface area contributed by atoms with Crippen molar-refractivity contribution in [2.75, 3.05) is 6.54 Å². The standard InChI is InChI=1S/C9H12N6/c1-2-10-3-9-6-13-14-15(9)8-4-11-7-12-5-8/h4-7,10H,2-3H2,1H3. The summed E-state index contributed by atoms with van der Waals surface area (Å²) >= 11 is 0. The van der Waals surface area contributed by atoms with Crippen LogP contribution in [0.1, 0.15) is 12.6 Å². The third-order valence-corrected chi connectivity index (χ3v) is 1.97. The first-order valence-electron chi connectivity index (χ1n) is 4.77. The third kappa shape index (κ3) is 2.16. The van der Waals surface area contributed by atoms with Gasteiger partial charge in [0.2, 0.25) is 0 Å². The van der Waals surface area contributed by atoms with Crippen molar-refractivity contribution in [2.45, 2.75) is 13.5 Å². The monoisotopic (exact) mass is 204 g/mol. The van der Waals surface area contributed by atoms with E-state index >= 15 is 0 Å². The minimum absolute atomic E-state index is 0.735. The van der Waals surface area contributed by atoms with Gasteiger partial charge in [0.15, 0.2) is 0 Å². The molecule has 0 aliphatic carbocycles. The predicted molar refractivity (Wildman–Crippen MR) is 54.3 cm³/mol. The molecule has 15 heavy (non-hydrogen) atoms. The highest BCUT2D eigenvalue weighted by Gasteiger charge is 2.05. The van der Waals surface area contributed by atoms with E-state index in [1.807, 2.05) is 0 Å². The number of rotatable bonds is 4. The van der Waals surface area contributed by atoms with Crippen molar-refractivity contribution >= 4 is 0 Å². The van der Waals surface area contributed by atoms with Crippen LogP contribution in [-0.2, 0) is 6.54 Å². The Balaban J connectivity index is 2.25. The van der Waals surface area contributed by atoms with Gasteiger partial charge in [0.1, 0.15) is 12.0 Å². The minimum atomic E-state index is 0.735. The summed E-state index contributed by atoms with van der Waals surface area (Å²) in [4.78, 5) is 7.88. The van der Waals surface area contributed by atoms with Crippen LogP contribution in [-0.4, -0.2) is 31.5 Å². The second kappa shape index (κ2) is 4.61. The summed E-state index contributed by atoms with van der Waals surface area (Å²) in [5.41, 5.74) is 1.81. The van der Waals surface area contributed by atoms with Gasteiger partial charge in [-0.1, -0.05) is 12.1 Å². The lowest BCUT2D eigenvalue weighted by Crippen LogP contribution is -2.15. The molecule has 2 rings (SSSR count). The van der Waals surface area contributed by atoms with E-state index < -0.39 is 0 Å². The summed E-state index contributed by atoms with van der Waals surface area (Å²) in [5.74, 6) is 0. The highest BCUT2D eigenvalue weighted by atomic mass is 15.4. The number of nitrogens with zero attached hydrogens (tertiary/aromatic N) is 5. The zero-order valence-electron chi connectivity index (χ0n) is 8.46. The van der Waals surface area contributed by atoms with Crippen molar-refractivity contribution in [3.63, 3.8) is 0 Å². The first-order chi connectivity index (χ1) is 7.42. The molecule has 0 unspecified atom stereocenters. The fourth-order valence-electron chi connectivity index (χ4n) is 1.25. The van der Waals surface area contributed by atoms with Gasteiger partial charge in [-0.2, -0.15) is 0 Å². The lowest BCUT2D eigenvalue weighted by Gasteiger charge is -2.04. The highest BCUT2D eigenvalue weighted by molar-refractivity contribution is 5.24. The molecule has 2 heterocycles. The molecule has 0 spiro atoms. The highest BCUT2D eigenvalue weighted by Crippen LogP contribution is 2.05. The van der Waals surface area contributed by atoms with Crippen LogP contribution >= 0.6 is 0 Å². The maximum atomic E-state index is 3.99. The molecular weight excluding hydrogens is 192 g/mol. The van der Waals surface area contributed by atoms with Crippen LogP contribution in [0.25, 0.3) is 5.69 Å². The van der Waals surface area contributed by atoms with Crippen LogP contribution in [0.3, 0.4) is 0 Å². The van der Waals surface area contributed by atoms with E-state index in [2.05, 4.69) is 32.5 Å². The number of hydrogen-bond acceptors (Lipinski definition) is 5. The Labute approximate surface area is 87.4 Å². The largest absolute Gasteiger partial charge is 0.311 e. The maximum absolute atomic E-state index is 3.99. The quantitative estimate of drug-likeness (QED) is 0.768. The van der Waals surface area contributed by atoms with Gasteiger partial charge in [0.05, 0.1) is 24.3 Å². The van der Waals surface area contributed by atoms with Gasteiger partial charge in [-0.15, -0.1) is 5.10 Å². The van der Waals surface area contributed by atoms with Gasteiger partial charge in [-0.3, -0.25) is 0 Å². The fourth-order valence-corrected chi connectivity index (χ4v) is 1.25. The van der Waals surface area contributed by atoms with Gasteiger partial charge < -0.3 is 5.32 Å².